The van der Waals surface area contributed by atoms with Gasteiger partial charge in [-0.3, -0.25) is 0 Å². The molecule has 76 heavy (non-hydrogen) atoms. The Kier molecular flexibility index (Phi) is 11.9. The van der Waals surface area contributed by atoms with Crippen LogP contribution in [0.5, 0.6) is 0 Å². The molecule has 11 aromatic carbocycles. The molecule has 0 radical (unpaired) electrons. The van der Waals surface area contributed by atoms with E-state index >= 15 is 0 Å². The zero-order chi connectivity index (χ0) is 51.0. The molecule has 0 fully saturated rings. The Bertz CT molecular complexity index is 3960. The molecule has 0 unspecified atom stereocenters. The summed E-state index contributed by atoms with van der Waals surface area (Å²) in [6.45, 7) is 4.72. The van der Waals surface area contributed by atoms with E-state index in [1.165, 1.54) is 22.3 Å². The van der Waals surface area contributed by atoms with Crippen LogP contribution in [-0.4, -0.2) is 15.0 Å². The van der Waals surface area contributed by atoms with Gasteiger partial charge in [-0.25, -0.2) is 15.0 Å². The van der Waals surface area contributed by atoms with E-state index < -0.39 is 0 Å². The fourth-order valence-electron chi connectivity index (χ4n) is 11.4. The summed E-state index contributed by atoms with van der Waals surface area (Å²) in [4.78, 5) is 19.3. The first kappa shape index (κ1) is 46.0. The summed E-state index contributed by atoms with van der Waals surface area (Å²) in [6.07, 6.45) is 0. The predicted molar refractivity (Wildman–Crippen MR) is 316 cm³/mol. The first-order chi connectivity index (χ1) is 37.5. The normalized spacial score (nSPS) is 12.2. The molecule has 0 spiro atoms. The third-order valence-corrected chi connectivity index (χ3v) is 14.9. The molecular weight excluding hydrogens is 921 g/mol. The van der Waals surface area contributed by atoms with Crippen molar-refractivity contribution >= 4 is 17.1 Å². The second kappa shape index (κ2) is 19.6. The molecule has 1 aliphatic carbocycles. The van der Waals surface area contributed by atoms with Gasteiger partial charge in [0.1, 0.15) is 0 Å². The highest BCUT2D eigenvalue weighted by molar-refractivity contribution is 6.16. The number of nitrogens with zero attached hydrogens (tertiary/aromatic N) is 4. The maximum absolute atomic E-state index is 5.72. The Hall–Kier alpha value is -9.77. The van der Waals surface area contributed by atoms with Crippen LogP contribution in [0.3, 0.4) is 0 Å². The van der Waals surface area contributed by atoms with Crippen molar-refractivity contribution in [3.8, 4) is 101 Å². The lowest BCUT2D eigenvalue weighted by Gasteiger charge is -2.36. The van der Waals surface area contributed by atoms with Gasteiger partial charge in [-0.05, 0) is 73.8 Å². The van der Waals surface area contributed by atoms with Gasteiger partial charge in [0.15, 0.2) is 17.5 Å². The van der Waals surface area contributed by atoms with Crippen molar-refractivity contribution in [1.29, 1.82) is 0 Å². The topological polar surface area (TPSA) is 41.9 Å². The molecule has 4 nitrogen and oxygen atoms in total. The molecule has 1 aliphatic rings. The van der Waals surface area contributed by atoms with Gasteiger partial charge < -0.3 is 4.90 Å². The number of fused-ring (bicyclic) bond motifs is 3. The molecule has 0 atom stereocenters. The van der Waals surface area contributed by atoms with E-state index in [0.717, 1.165) is 89.4 Å². The van der Waals surface area contributed by atoms with E-state index in [0.29, 0.717) is 17.5 Å². The number of hydrogen-bond donors (Lipinski definition) is 0. The van der Waals surface area contributed by atoms with Crippen molar-refractivity contribution in [2.45, 2.75) is 19.3 Å². The Morgan fingerprint density at radius 2 is 0.618 bits per heavy atom. The number of aromatic nitrogens is 3. The summed E-state index contributed by atoms with van der Waals surface area (Å²) < 4.78 is 0. The minimum Gasteiger partial charge on any atom is -0.308 e. The first-order valence-corrected chi connectivity index (χ1v) is 26.0. The van der Waals surface area contributed by atoms with Crippen molar-refractivity contribution in [2.24, 2.45) is 0 Å². The Labute approximate surface area is 445 Å². The van der Waals surface area contributed by atoms with Gasteiger partial charge in [-0.2, -0.15) is 0 Å². The molecule has 4 heteroatoms. The van der Waals surface area contributed by atoms with Crippen LogP contribution in [0.15, 0.2) is 279 Å². The highest BCUT2D eigenvalue weighted by atomic mass is 15.2. The van der Waals surface area contributed by atoms with E-state index in [-0.39, 0.29) is 5.41 Å². The molecule has 0 bridgehead atoms. The fraction of sp³-hybridized carbons (Fsp3) is 0.0417. The molecule has 0 aliphatic heterocycles. The van der Waals surface area contributed by atoms with Gasteiger partial charge >= 0.3 is 0 Å². The van der Waals surface area contributed by atoms with Gasteiger partial charge in [0, 0.05) is 44.5 Å². The maximum atomic E-state index is 5.72. The van der Waals surface area contributed by atoms with Crippen LogP contribution in [0.2, 0.25) is 0 Å². The summed E-state index contributed by atoms with van der Waals surface area (Å²) in [7, 11) is 0. The monoisotopic (exact) mass is 972 g/mol. The summed E-state index contributed by atoms with van der Waals surface area (Å²) in [5.41, 5.74) is 21.1. The maximum Gasteiger partial charge on any atom is 0.166 e. The molecule has 12 aromatic rings. The average molecular weight is 973 g/mol. The molecule has 0 amide bonds. The predicted octanol–water partition coefficient (Wildman–Crippen LogP) is 19.0. The van der Waals surface area contributed by atoms with Crippen LogP contribution in [0, 0.1) is 0 Å². The van der Waals surface area contributed by atoms with Gasteiger partial charge in [0.2, 0.25) is 0 Å². The largest absolute Gasteiger partial charge is 0.308 e. The molecule has 0 saturated heterocycles. The standard InChI is InChI=1S/C72H52N4/c1-72(2)59-42-25-24-41-58(59)66-60(72)43-26-44-61(66)76(57-47-45-50(46-48-57)49-27-10-3-11-28-49)68-65(54-35-18-7-19-36-54)63(52-31-14-5-15-32-52)62(51-29-12-4-13-30-51)64(53-33-16-6-17-34-53)67(68)71-74-69(55-37-20-8-21-38-55)73-70(75-71)56-39-22-9-23-40-56/h3-48H,1-2H3. The zero-order valence-electron chi connectivity index (χ0n) is 42.3. The van der Waals surface area contributed by atoms with Gasteiger partial charge in [-0.1, -0.05) is 275 Å². The molecule has 0 saturated carbocycles. The molecule has 1 heterocycles. The lowest BCUT2D eigenvalue weighted by atomic mass is 9.78. The van der Waals surface area contributed by atoms with Gasteiger partial charge in [0.05, 0.1) is 16.9 Å². The average Bonchev–Trinajstić information content (AvgIpc) is 3.79. The SMILES string of the molecule is CC1(C)c2ccccc2-c2c(N(c3ccc(-c4ccccc4)cc3)c3c(-c4ccccc4)c(-c4ccccc4)c(-c4ccccc4)c(-c4ccccc4)c3-c3nc(-c4ccccc4)nc(-c4ccccc4)n3)cccc21. The van der Waals surface area contributed by atoms with Crippen LogP contribution < -0.4 is 4.90 Å². The van der Waals surface area contributed by atoms with Gasteiger partial charge in [-0.15, -0.1) is 0 Å². The van der Waals surface area contributed by atoms with Crippen molar-refractivity contribution < 1.29 is 0 Å². The zero-order valence-corrected chi connectivity index (χ0v) is 42.3. The Balaban J connectivity index is 1.30. The Morgan fingerprint density at radius 3 is 1.11 bits per heavy atom. The minimum absolute atomic E-state index is 0.277. The number of anilines is 3. The van der Waals surface area contributed by atoms with Crippen LogP contribution in [-0.2, 0) is 5.41 Å². The fourth-order valence-corrected chi connectivity index (χ4v) is 11.4. The van der Waals surface area contributed by atoms with Crippen molar-refractivity contribution in [1.82, 2.24) is 15.0 Å². The second-order valence-corrected chi connectivity index (χ2v) is 19.8. The van der Waals surface area contributed by atoms with E-state index in [9.17, 15) is 0 Å². The van der Waals surface area contributed by atoms with Crippen molar-refractivity contribution in [2.75, 3.05) is 4.90 Å². The third kappa shape index (κ3) is 8.18. The molecule has 1 aromatic heterocycles. The number of hydrogen-bond acceptors (Lipinski definition) is 4. The van der Waals surface area contributed by atoms with Crippen LogP contribution in [0.1, 0.15) is 25.0 Å². The molecule has 0 N–H and O–H groups in total. The quantitative estimate of drug-likeness (QED) is 0.130. The number of rotatable bonds is 11. The van der Waals surface area contributed by atoms with E-state index in [2.05, 4.69) is 261 Å². The Morgan fingerprint density at radius 1 is 0.263 bits per heavy atom. The van der Waals surface area contributed by atoms with Crippen molar-refractivity contribution in [3.63, 3.8) is 0 Å². The number of benzene rings is 11. The summed E-state index contributed by atoms with van der Waals surface area (Å²) >= 11 is 0. The molecular formula is C72H52N4. The van der Waals surface area contributed by atoms with Gasteiger partial charge in [0.25, 0.3) is 0 Å². The summed E-state index contributed by atoms with van der Waals surface area (Å²) in [5, 5.41) is 0. The van der Waals surface area contributed by atoms with Crippen LogP contribution in [0.4, 0.5) is 17.1 Å². The van der Waals surface area contributed by atoms with E-state index in [1.54, 1.807) is 0 Å². The van der Waals surface area contributed by atoms with E-state index in [4.69, 9.17) is 15.0 Å². The smallest absolute Gasteiger partial charge is 0.166 e. The van der Waals surface area contributed by atoms with E-state index in [1.807, 2.05) is 36.4 Å². The summed E-state index contributed by atoms with van der Waals surface area (Å²) in [5.74, 6) is 1.72. The first-order valence-electron chi connectivity index (χ1n) is 26.0. The highest BCUT2D eigenvalue weighted by Crippen LogP contribution is 2.61. The highest BCUT2D eigenvalue weighted by Gasteiger charge is 2.40. The third-order valence-electron chi connectivity index (χ3n) is 14.9. The summed E-state index contributed by atoms with van der Waals surface area (Å²) in [6, 6.07) is 99.8. The lowest BCUT2D eigenvalue weighted by molar-refractivity contribution is 0.660. The van der Waals surface area contributed by atoms with Crippen LogP contribution in [0.25, 0.3) is 101 Å². The lowest BCUT2D eigenvalue weighted by Crippen LogP contribution is -2.18. The van der Waals surface area contributed by atoms with Crippen molar-refractivity contribution in [3.05, 3.63) is 290 Å². The molecule has 360 valence electrons. The minimum atomic E-state index is -0.277. The van der Waals surface area contributed by atoms with Crippen LogP contribution >= 0.6 is 0 Å². The second-order valence-electron chi connectivity index (χ2n) is 19.8. The molecule has 13 rings (SSSR count).